The molecule has 0 radical (unpaired) electrons. The summed E-state index contributed by atoms with van der Waals surface area (Å²) in [6.45, 7) is 4.54. The molecule has 0 heterocycles. The van der Waals surface area contributed by atoms with Crippen LogP contribution in [0.4, 0.5) is 5.69 Å². The van der Waals surface area contributed by atoms with E-state index < -0.39 is 15.9 Å². The molecule has 196 valence electrons. The molecule has 0 atom stereocenters. The predicted molar refractivity (Wildman–Crippen MR) is 151 cm³/mol. The zero-order chi connectivity index (χ0) is 27.1. The fourth-order valence-corrected chi connectivity index (χ4v) is 5.59. The number of hydrogen-bond acceptors (Lipinski definition) is 4. The number of hydrogen-bond donors (Lipinski definition) is 1. The van der Waals surface area contributed by atoms with Crippen LogP contribution in [0.25, 0.3) is 0 Å². The molecule has 0 aliphatic carbocycles. The van der Waals surface area contributed by atoms with Crippen molar-refractivity contribution in [3.8, 4) is 5.75 Å². The second kappa shape index (κ2) is 12.2. The van der Waals surface area contributed by atoms with Gasteiger partial charge in [0.1, 0.15) is 5.75 Å². The van der Waals surface area contributed by atoms with E-state index >= 15 is 0 Å². The number of aryl methyl sites for hydroxylation is 1. The Morgan fingerprint density at radius 3 is 2.26 bits per heavy atom. The Hall–Kier alpha value is -3.81. The third-order valence-electron chi connectivity index (χ3n) is 5.98. The van der Waals surface area contributed by atoms with Crippen LogP contribution in [0.15, 0.2) is 102 Å². The number of nitrogens with zero attached hydrogens (tertiary/aromatic N) is 1. The monoisotopic (exact) mass is 548 g/mol. The summed E-state index contributed by atoms with van der Waals surface area (Å²) in [5, 5.41) is 3.47. The Bertz CT molecular complexity index is 1500. The molecule has 38 heavy (non-hydrogen) atoms. The van der Waals surface area contributed by atoms with Crippen LogP contribution in [0.2, 0.25) is 5.02 Å². The van der Waals surface area contributed by atoms with Crippen LogP contribution >= 0.6 is 11.6 Å². The number of sulfonamides is 1. The number of carbonyl (C=O) groups is 1. The highest BCUT2D eigenvalue weighted by atomic mass is 35.5. The van der Waals surface area contributed by atoms with E-state index in [1.165, 1.54) is 4.31 Å². The summed E-state index contributed by atoms with van der Waals surface area (Å²) in [5.74, 6) is 0.294. The first kappa shape index (κ1) is 27.2. The number of ether oxygens (including phenoxy) is 1. The third kappa shape index (κ3) is 6.36. The van der Waals surface area contributed by atoms with Gasteiger partial charge >= 0.3 is 0 Å². The molecule has 0 aliphatic rings. The molecule has 0 bridgehead atoms. The van der Waals surface area contributed by atoms with Gasteiger partial charge < -0.3 is 10.1 Å². The molecule has 0 fully saturated rings. The van der Waals surface area contributed by atoms with E-state index in [1.807, 2.05) is 38.1 Å². The van der Waals surface area contributed by atoms with Crippen molar-refractivity contribution >= 4 is 33.2 Å². The fourth-order valence-electron chi connectivity index (χ4n) is 3.99. The van der Waals surface area contributed by atoms with E-state index in [-0.39, 0.29) is 29.2 Å². The van der Waals surface area contributed by atoms with Crippen molar-refractivity contribution in [2.24, 2.45) is 0 Å². The molecule has 1 N–H and O–H groups in total. The maximum atomic E-state index is 13.9. The van der Waals surface area contributed by atoms with Crippen molar-refractivity contribution in [2.45, 2.75) is 31.8 Å². The highest BCUT2D eigenvalue weighted by Crippen LogP contribution is 2.30. The summed E-state index contributed by atoms with van der Waals surface area (Å²) < 4.78 is 34.8. The molecule has 8 heteroatoms. The lowest BCUT2D eigenvalue weighted by molar-refractivity contribution is 0.0951. The molecule has 4 rings (SSSR count). The summed E-state index contributed by atoms with van der Waals surface area (Å²) in [7, 11) is -4.02. The van der Waals surface area contributed by atoms with Crippen LogP contribution in [0, 0.1) is 6.92 Å². The van der Waals surface area contributed by atoms with Crippen LogP contribution in [-0.4, -0.2) is 20.9 Å². The molecule has 0 spiro atoms. The number of halogens is 1. The van der Waals surface area contributed by atoms with Gasteiger partial charge in [0.2, 0.25) is 0 Å². The average Bonchev–Trinajstić information content (AvgIpc) is 2.92. The largest absolute Gasteiger partial charge is 0.494 e. The minimum atomic E-state index is -4.02. The zero-order valence-electron chi connectivity index (χ0n) is 21.2. The van der Waals surface area contributed by atoms with Crippen molar-refractivity contribution < 1.29 is 17.9 Å². The van der Waals surface area contributed by atoms with Gasteiger partial charge in [0.25, 0.3) is 15.9 Å². The molecule has 0 unspecified atom stereocenters. The standard InChI is InChI=1S/C30H29ClN2O4S/c1-3-37-29-11-7-4-8-24(29)20-32-30(34)27-9-5-6-10-28(27)33(21-23-14-16-25(31)17-15-23)38(35,36)26-18-12-22(2)13-19-26/h4-19H,3,20-21H2,1-2H3,(H,32,34). The molecule has 4 aromatic carbocycles. The van der Waals surface area contributed by atoms with Crippen LogP contribution < -0.4 is 14.4 Å². The number of amides is 1. The minimum absolute atomic E-state index is 0.0187. The van der Waals surface area contributed by atoms with Gasteiger partial charge in [-0.1, -0.05) is 71.8 Å². The van der Waals surface area contributed by atoms with Gasteiger partial charge in [-0.2, -0.15) is 0 Å². The number of anilines is 1. The minimum Gasteiger partial charge on any atom is -0.494 e. The Kier molecular flexibility index (Phi) is 8.71. The van der Waals surface area contributed by atoms with Gasteiger partial charge in [0, 0.05) is 17.1 Å². The topological polar surface area (TPSA) is 75.7 Å². The molecule has 0 saturated carbocycles. The first-order valence-electron chi connectivity index (χ1n) is 12.2. The molecule has 6 nitrogen and oxygen atoms in total. The van der Waals surface area contributed by atoms with Crippen molar-refractivity contribution in [3.05, 3.63) is 124 Å². The van der Waals surface area contributed by atoms with Gasteiger partial charge in [-0.05, 0) is 61.9 Å². The molecule has 0 aromatic heterocycles. The van der Waals surface area contributed by atoms with Crippen LogP contribution in [-0.2, 0) is 23.1 Å². The summed E-state index contributed by atoms with van der Waals surface area (Å²) in [6, 6.07) is 27.8. The highest BCUT2D eigenvalue weighted by molar-refractivity contribution is 7.92. The number of benzene rings is 4. The lowest BCUT2D eigenvalue weighted by Crippen LogP contribution is -2.33. The van der Waals surface area contributed by atoms with Crippen molar-refractivity contribution in [2.75, 3.05) is 10.9 Å². The van der Waals surface area contributed by atoms with Crippen molar-refractivity contribution in [1.82, 2.24) is 5.32 Å². The van der Waals surface area contributed by atoms with Gasteiger partial charge in [0.15, 0.2) is 0 Å². The SMILES string of the molecule is CCOc1ccccc1CNC(=O)c1ccccc1N(Cc1ccc(Cl)cc1)S(=O)(=O)c1ccc(C)cc1. The fraction of sp³-hybridized carbons (Fsp3) is 0.167. The van der Waals surface area contributed by atoms with E-state index in [2.05, 4.69) is 5.32 Å². The van der Waals surface area contributed by atoms with E-state index in [9.17, 15) is 13.2 Å². The lowest BCUT2D eigenvalue weighted by Gasteiger charge is -2.27. The second-order valence-electron chi connectivity index (χ2n) is 8.69. The Morgan fingerprint density at radius 1 is 0.895 bits per heavy atom. The van der Waals surface area contributed by atoms with Crippen molar-refractivity contribution in [1.29, 1.82) is 0 Å². The van der Waals surface area contributed by atoms with E-state index in [0.717, 1.165) is 16.7 Å². The molecule has 4 aromatic rings. The second-order valence-corrected chi connectivity index (χ2v) is 11.0. The van der Waals surface area contributed by atoms with E-state index in [0.29, 0.717) is 17.4 Å². The number of para-hydroxylation sites is 2. The first-order chi connectivity index (χ1) is 18.3. The van der Waals surface area contributed by atoms with Gasteiger partial charge in [0.05, 0.1) is 29.3 Å². The number of carbonyl (C=O) groups excluding carboxylic acids is 1. The summed E-state index contributed by atoms with van der Waals surface area (Å²) in [6.07, 6.45) is 0. The summed E-state index contributed by atoms with van der Waals surface area (Å²) in [4.78, 5) is 13.6. The summed E-state index contributed by atoms with van der Waals surface area (Å²) >= 11 is 6.06. The Balaban J connectivity index is 1.71. The van der Waals surface area contributed by atoms with Gasteiger partial charge in [-0.25, -0.2) is 8.42 Å². The maximum Gasteiger partial charge on any atom is 0.264 e. The molecule has 0 saturated heterocycles. The molecular formula is C30H29ClN2O4S. The molecule has 1 amide bonds. The quantitative estimate of drug-likeness (QED) is 0.250. The third-order valence-corrected chi connectivity index (χ3v) is 8.00. The Labute approximate surface area is 228 Å². The maximum absolute atomic E-state index is 13.9. The van der Waals surface area contributed by atoms with Gasteiger partial charge in [-0.15, -0.1) is 0 Å². The van der Waals surface area contributed by atoms with E-state index in [1.54, 1.807) is 72.8 Å². The zero-order valence-corrected chi connectivity index (χ0v) is 22.8. The molecule has 0 aliphatic heterocycles. The van der Waals surface area contributed by atoms with Crippen LogP contribution in [0.3, 0.4) is 0 Å². The van der Waals surface area contributed by atoms with Crippen LogP contribution in [0.5, 0.6) is 5.75 Å². The molecular weight excluding hydrogens is 520 g/mol. The number of rotatable bonds is 10. The average molecular weight is 549 g/mol. The highest BCUT2D eigenvalue weighted by Gasteiger charge is 2.28. The smallest absolute Gasteiger partial charge is 0.264 e. The normalized spacial score (nSPS) is 11.1. The predicted octanol–water partition coefficient (Wildman–Crippen LogP) is 6.37. The van der Waals surface area contributed by atoms with E-state index in [4.69, 9.17) is 16.3 Å². The van der Waals surface area contributed by atoms with Crippen LogP contribution in [0.1, 0.15) is 34.0 Å². The number of nitrogens with one attached hydrogen (secondary N) is 1. The van der Waals surface area contributed by atoms with Crippen molar-refractivity contribution in [3.63, 3.8) is 0 Å². The lowest BCUT2D eigenvalue weighted by atomic mass is 10.1. The van der Waals surface area contributed by atoms with Gasteiger partial charge in [-0.3, -0.25) is 9.10 Å². The summed E-state index contributed by atoms with van der Waals surface area (Å²) in [5.41, 5.74) is 3.02. The first-order valence-corrected chi connectivity index (χ1v) is 14.0. The Morgan fingerprint density at radius 2 is 1.55 bits per heavy atom.